The second-order valence-corrected chi connectivity index (χ2v) is 3.92. The first kappa shape index (κ1) is 9.27. The van der Waals surface area contributed by atoms with Gasteiger partial charge in [-0.05, 0) is 24.6 Å². The van der Waals surface area contributed by atoms with E-state index in [0.29, 0.717) is 0 Å². The summed E-state index contributed by atoms with van der Waals surface area (Å²) in [5.74, 6) is 0. The van der Waals surface area contributed by atoms with E-state index in [0.717, 1.165) is 15.7 Å². The maximum atomic E-state index is 11.3. The van der Waals surface area contributed by atoms with Crippen molar-refractivity contribution in [2.24, 2.45) is 0 Å². The van der Waals surface area contributed by atoms with Crippen molar-refractivity contribution in [2.75, 3.05) is 0 Å². The zero-order chi connectivity index (χ0) is 10.1. The van der Waals surface area contributed by atoms with Crippen molar-refractivity contribution in [3.05, 3.63) is 51.1 Å². The van der Waals surface area contributed by atoms with Gasteiger partial charge in [0.25, 0.3) is 0 Å². The number of aromatic nitrogens is 2. The zero-order valence-corrected chi connectivity index (χ0v) is 9.21. The highest BCUT2D eigenvalue weighted by atomic mass is 79.9. The Labute approximate surface area is 89.5 Å². The highest BCUT2D eigenvalue weighted by Gasteiger charge is 2.01. The van der Waals surface area contributed by atoms with E-state index in [9.17, 15) is 4.79 Å². The van der Waals surface area contributed by atoms with Gasteiger partial charge in [-0.3, -0.25) is 4.57 Å². The normalized spacial score (nSPS) is 10.4. The second-order valence-electron chi connectivity index (χ2n) is 3.07. The molecule has 0 aliphatic carbocycles. The molecule has 1 heterocycles. The Morgan fingerprint density at radius 1 is 1.43 bits per heavy atom. The number of aryl methyl sites for hydroxylation is 1. The van der Waals surface area contributed by atoms with Crippen molar-refractivity contribution in [3.63, 3.8) is 0 Å². The number of H-pyrrole nitrogens is 1. The van der Waals surface area contributed by atoms with E-state index >= 15 is 0 Å². The zero-order valence-electron chi connectivity index (χ0n) is 7.62. The van der Waals surface area contributed by atoms with E-state index in [1.165, 1.54) is 0 Å². The molecule has 2 rings (SSSR count). The van der Waals surface area contributed by atoms with Gasteiger partial charge in [0.05, 0.1) is 5.69 Å². The lowest BCUT2D eigenvalue weighted by Crippen LogP contribution is -2.13. The molecule has 1 N–H and O–H groups in total. The summed E-state index contributed by atoms with van der Waals surface area (Å²) < 4.78 is 2.56. The Morgan fingerprint density at radius 2 is 2.21 bits per heavy atom. The molecule has 14 heavy (non-hydrogen) atoms. The fourth-order valence-electron chi connectivity index (χ4n) is 1.26. The number of aromatic amines is 1. The minimum absolute atomic E-state index is 0.124. The molecule has 0 aliphatic heterocycles. The predicted molar refractivity (Wildman–Crippen MR) is 58.8 cm³/mol. The Kier molecular flexibility index (Phi) is 2.29. The molecule has 0 bridgehead atoms. The molecule has 0 unspecified atom stereocenters. The van der Waals surface area contributed by atoms with Crippen LogP contribution in [-0.2, 0) is 0 Å². The smallest absolute Gasteiger partial charge is 0.312 e. The molecule has 0 amide bonds. The van der Waals surface area contributed by atoms with Crippen molar-refractivity contribution in [1.29, 1.82) is 0 Å². The molecule has 3 nitrogen and oxygen atoms in total. The van der Waals surface area contributed by atoms with Gasteiger partial charge in [-0.2, -0.15) is 0 Å². The molecule has 1 aromatic heterocycles. The number of hydrogen-bond donors (Lipinski definition) is 1. The van der Waals surface area contributed by atoms with Gasteiger partial charge in [-0.1, -0.05) is 22.0 Å². The summed E-state index contributed by atoms with van der Waals surface area (Å²) in [6.07, 6.45) is 3.33. The lowest BCUT2D eigenvalue weighted by Gasteiger charge is -2.03. The standard InChI is InChI=1S/C10H9BrN2O/c1-7-2-3-8(6-9(7)11)13-5-4-12-10(13)14/h2-6H,1H3,(H,12,14). The average molecular weight is 253 g/mol. The summed E-state index contributed by atoms with van der Waals surface area (Å²) in [7, 11) is 0. The first-order valence-electron chi connectivity index (χ1n) is 4.21. The largest absolute Gasteiger partial charge is 0.330 e. The van der Waals surface area contributed by atoms with Crippen LogP contribution >= 0.6 is 15.9 Å². The van der Waals surface area contributed by atoms with Crippen LogP contribution < -0.4 is 5.69 Å². The number of rotatable bonds is 1. The molecule has 4 heteroatoms. The molecule has 0 saturated heterocycles. The maximum Gasteiger partial charge on any atom is 0.330 e. The Balaban J connectivity index is 2.59. The molecule has 0 radical (unpaired) electrons. The number of halogens is 1. The number of nitrogens with one attached hydrogen (secondary N) is 1. The van der Waals surface area contributed by atoms with Crippen molar-refractivity contribution in [1.82, 2.24) is 9.55 Å². The monoisotopic (exact) mass is 252 g/mol. The van der Waals surface area contributed by atoms with Crippen molar-refractivity contribution in [2.45, 2.75) is 6.92 Å². The summed E-state index contributed by atoms with van der Waals surface area (Å²) in [6, 6.07) is 5.80. The first-order chi connectivity index (χ1) is 6.68. The third-order valence-electron chi connectivity index (χ3n) is 2.08. The summed E-state index contributed by atoms with van der Waals surface area (Å²) >= 11 is 3.43. The summed E-state index contributed by atoms with van der Waals surface area (Å²) in [5.41, 5.74) is 1.88. The third-order valence-corrected chi connectivity index (χ3v) is 2.94. The van der Waals surface area contributed by atoms with E-state index in [-0.39, 0.29) is 5.69 Å². The molecule has 1 aromatic carbocycles. The fraction of sp³-hybridized carbons (Fsp3) is 0.100. The van der Waals surface area contributed by atoms with E-state index < -0.39 is 0 Å². The van der Waals surface area contributed by atoms with Gasteiger partial charge < -0.3 is 4.98 Å². The SMILES string of the molecule is Cc1ccc(-n2cc[nH]c2=O)cc1Br. The first-order valence-corrected chi connectivity index (χ1v) is 5.00. The molecule has 0 saturated carbocycles. The molecular formula is C10H9BrN2O. The lowest BCUT2D eigenvalue weighted by molar-refractivity contribution is 0.985. The molecule has 0 fully saturated rings. The van der Waals surface area contributed by atoms with Crippen LogP contribution in [0.2, 0.25) is 0 Å². The Morgan fingerprint density at radius 3 is 2.79 bits per heavy atom. The lowest BCUT2D eigenvalue weighted by atomic mass is 10.2. The van der Waals surface area contributed by atoms with E-state index in [1.807, 2.05) is 25.1 Å². The molecule has 0 aliphatic rings. The van der Waals surface area contributed by atoms with Crippen LogP contribution in [-0.4, -0.2) is 9.55 Å². The fourth-order valence-corrected chi connectivity index (χ4v) is 1.62. The van der Waals surface area contributed by atoms with Crippen molar-refractivity contribution in [3.8, 4) is 5.69 Å². The van der Waals surface area contributed by atoms with Crippen LogP contribution in [0.4, 0.5) is 0 Å². The quantitative estimate of drug-likeness (QED) is 0.831. The second kappa shape index (κ2) is 3.46. The molecule has 0 spiro atoms. The van der Waals surface area contributed by atoms with E-state index in [2.05, 4.69) is 20.9 Å². The molecule has 0 atom stereocenters. The van der Waals surface area contributed by atoms with Gasteiger partial charge in [0.2, 0.25) is 0 Å². The van der Waals surface area contributed by atoms with Crippen molar-refractivity contribution >= 4 is 15.9 Å². The predicted octanol–water partition coefficient (Wildman–Crippen LogP) is 2.24. The van der Waals surface area contributed by atoms with Gasteiger partial charge in [-0.15, -0.1) is 0 Å². The van der Waals surface area contributed by atoms with E-state index in [1.54, 1.807) is 17.0 Å². The number of benzene rings is 1. The number of hydrogen-bond acceptors (Lipinski definition) is 1. The van der Waals surface area contributed by atoms with Gasteiger partial charge >= 0.3 is 5.69 Å². The number of imidazole rings is 1. The number of nitrogens with zero attached hydrogens (tertiary/aromatic N) is 1. The van der Waals surface area contributed by atoms with Gasteiger partial charge in [0.1, 0.15) is 0 Å². The topological polar surface area (TPSA) is 37.8 Å². The minimum Gasteiger partial charge on any atom is -0.312 e. The minimum atomic E-state index is -0.124. The Bertz CT molecular complexity index is 513. The van der Waals surface area contributed by atoms with Crippen LogP contribution in [0, 0.1) is 6.92 Å². The summed E-state index contributed by atoms with van der Waals surface area (Å²) in [6.45, 7) is 2.01. The van der Waals surface area contributed by atoms with Crippen LogP contribution in [0.3, 0.4) is 0 Å². The van der Waals surface area contributed by atoms with Crippen LogP contribution in [0.5, 0.6) is 0 Å². The molecule has 72 valence electrons. The van der Waals surface area contributed by atoms with E-state index in [4.69, 9.17) is 0 Å². The third kappa shape index (κ3) is 1.53. The average Bonchev–Trinajstić information content (AvgIpc) is 2.57. The van der Waals surface area contributed by atoms with Gasteiger partial charge in [0, 0.05) is 16.9 Å². The van der Waals surface area contributed by atoms with Crippen LogP contribution in [0.25, 0.3) is 5.69 Å². The highest BCUT2D eigenvalue weighted by molar-refractivity contribution is 9.10. The van der Waals surface area contributed by atoms with Gasteiger partial charge in [-0.25, -0.2) is 4.79 Å². The summed E-state index contributed by atoms with van der Waals surface area (Å²) in [4.78, 5) is 13.9. The molecular weight excluding hydrogens is 244 g/mol. The molecule has 2 aromatic rings. The summed E-state index contributed by atoms with van der Waals surface area (Å²) in [5, 5.41) is 0. The highest BCUT2D eigenvalue weighted by Crippen LogP contribution is 2.18. The maximum absolute atomic E-state index is 11.3. The van der Waals surface area contributed by atoms with Crippen LogP contribution in [0.15, 0.2) is 39.9 Å². The van der Waals surface area contributed by atoms with Crippen LogP contribution in [0.1, 0.15) is 5.56 Å². The van der Waals surface area contributed by atoms with Crippen molar-refractivity contribution < 1.29 is 0 Å². The van der Waals surface area contributed by atoms with Gasteiger partial charge in [0.15, 0.2) is 0 Å². The Hall–Kier alpha value is -1.29.